The molecule has 9 heteroatoms. The average Bonchev–Trinajstić information content (AvgIpc) is 3.51. The molecule has 5 rings (SSSR count). The Morgan fingerprint density at radius 2 is 1.76 bits per heavy atom. The maximum atomic E-state index is 13.0. The summed E-state index contributed by atoms with van der Waals surface area (Å²) in [5.74, 6) is 0. The van der Waals surface area contributed by atoms with E-state index in [4.69, 9.17) is 14.5 Å². The van der Waals surface area contributed by atoms with Gasteiger partial charge in [0.15, 0.2) is 4.80 Å². The Balaban J connectivity index is 1.49. The van der Waals surface area contributed by atoms with Crippen LogP contribution in [0.25, 0.3) is 11.3 Å². The maximum Gasteiger partial charge on any atom is 0.243 e. The first-order valence-corrected chi connectivity index (χ1v) is 13.5. The predicted octanol–water partition coefficient (Wildman–Crippen LogP) is 3.65. The predicted molar refractivity (Wildman–Crippen MR) is 128 cm³/mol. The van der Waals surface area contributed by atoms with Gasteiger partial charge in [0.2, 0.25) is 10.0 Å². The maximum absolute atomic E-state index is 13.0. The van der Waals surface area contributed by atoms with Crippen molar-refractivity contribution in [2.75, 3.05) is 32.9 Å². The zero-order valence-corrected chi connectivity index (χ0v) is 19.9. The molecule has 2 aliphatic heterocycles. The third kappa shape index (κ3) is 4.97. The van der Waals surface area contributed by atoms with Crippen molar-refractivity contribution >= 4 is 27.0 Å². The fourth-order valence-corrected chi connectivity index (χ4v) is 6.51. The van der Waals surface area contributed by atoms with Gasteiger partial charge in [0, 0.05) is 25.1 Å². The largest absolute Gasteiger partial charge is 0.379 e. The summed E-state index contributed by atoms with van der Waals surface area (Å²) in [6.45, 7) is 3.16. The van der Waals surface area contributed by atoms with Gasteiger partial charge in [-0.25, -0.2) is 13.4 Å². The van der Waals surface area contributed by atoms with Crippen LogP contribution in [0.2, 0.25) is 0 Å². The number of morpholine rings is 1. The fourth-order valence-electron chi connectivity index (χ4n) is 4.16. The van der Waals surface area contributed by atoms with E-state index in [9.17, 15) is 8.42 Å². The second kappa shape index (κ2) is 9.90. The first-order valence-electron chi connectivity index (χ1n) is 11.2. The molecule has 0 spiro atoms. The van der Waals surface area contributed by atoms with Gasteiger partial charge in [-0.3, -0.25) is 0 Å². The molecule has 2 fully saturated rings. The van der Waals surface area contributed by atoms with Crippen molar-refractivity contribution in [3.63, 3.8) is 0 Å². The van der Waals surface area contributed by atoms with Crippen molar-refractivity contribution in [1.82, 2.24) is 8.87 Å². The first-order chi connectivity index (χ1) is 16.1. The lowest BCUT2D eigenvalue weighted by Gasteiger charge is -2.26. The standard InChI is InChI=1S/C24H27N3O4S2/c28-33(29,26-12-15-30-16-13-26)22-10-8-19(9-11-22)23-18-32-24(25-20-5-2-1-3-6-20)27(23)17-21-7-4-14-31-21/h1-3,5-6,8-11,18,21H,4,7,12-17H2. The highest BCUT2D eigenvalue weighted by atomic mass is 32.2. The average molecular weight is 486 g/mol. The number of nitrogens with zero attached hydrogens (tertiary/aromatic N) is 3. The Morgan fingerprint density at radius 3 is 2.45 bits per heavy atom. The zero-order chi connectivity index (χ0) is 22.7. The number of sulfonamides is 1. The first kappa shape index (κ1) is 22.5. The van der Waals surface area contributed by atoms with Gasteiger partial charge in [-0.1, -0.05) is 30.3 Å². The molecule has 0 amide bonds. The van der Waals surface area contributed by atoms with Gasteiger partial charge in [0.05, 0.1) is 42.1 Å². The molecule has 1 atom stereocenters. The van der Waals surface area contributed by atoms with Gasteiger partial charge < -0.3 is 14.0 Å². The lowest BCUT2D eigenvalue weighted by atomic mass is 10.1. The SMILES string of the molecule is O=S(=O)(c1ccc(-c2csc(=Nc3ccccc3)n2CC2CCCO2)cc1)N1CCOCC1. The van der Waals surface area contributed by atoms with Gasteiger partial charge in [-0.15, -0.1) is 11.3 Å². The summed E-state index contributed by atoms with van der Waals surface area (Å²) in [5, 5.41) is 2.09. The summed E-state index contributed by atoms with van der Waals surface area (Å²) < 4.78 is 40.8. The van der Waals surface area contributed by atoms with E-state index in [-0.39, 0.29) is 6.10 Å². The van der Waals surface area contributed by atoms with E-state index in [1.54, 1.807) is 23.5 Å². The highest BCUT2D eigenvalue weighted by molar-refractivity contribution is 7.89. The van der Waals surface area contributed by atoms with Crippen molar-refractivity contribution in [3.8, 4) is 11.3 Å². The quantitative estimate of drug-likeness (QED) is 0.534. The Kier molecular flexibility index (Phi) is 6.75. The summed E-state index contributed by atoms with van der Waals surface area (Å²) >= 11 is 1.58. The van der Waals surface area contributed by atoms with Crippen LogP contribution in [0.15, 0.2) is 69.9 Å². The monoisotopic (exact) mass is 485 g/mol. The van der Waals surface area contributed by atoms with E-state index in [0.717, 1.165) is 47.7 Å². The molecule has 1 aromatic heterocycles. The third-order valence-corrected chi connectivity index (χ3v) is 8.72. The number of ether oxygens (including phenoxy) is 2. The molecule has 3 aromatic rings. The Hall–Kier alpha value is -2.30. The number of para-hydroxylation sites is 1. The van der Waals surface area contributed by atoms with E-state index < -0.39 is 10.0 Å². The van der Waals surface area contributed by atoms with Crippen LogP contribution in [0.1, 0.15) is 12.8 Å². The molecule has 0 saturated carbocycles. The van der Waals surface area contributed by atoms with Crippen LogP contribution in [0.5, 0.6) is 0 Å². The Morgan fingerprint density at radius 1 is 1.00 bits per heavy atom. The van der Waals surface area contributed by atoms with E-state index in [2.05, 4.69) is 9.95 Å². The lowest BCUT2D eigenvalue weighted by molar-refractivity contribution is 0.0730. The molecule has 0 radical (unpaired) electrons. The number of hydrogen-bond acceptors (Lipinski definition) is 6. The molecular weight excluding hydrogens is 458 g/mol. The van der Waals surface area contributed by atoms with Crippen LogP contribution in [-0.4, -0.2) is 56.3 Å². The van der Waals surface area contributed by atoms with E-state index >= 15 is 0 Å². The van der Waals surface area contributed by atoms with Crippen molar-refractivity contribution in [3.05, 3.63) is 64.8 Å². The second-order valence-corrected chi connectivity index (χ2v) is 10.9. The van der Waals surface area contributed by atoms with Crippen LogP contribution in [-0.2, 0) is 26.0 Å². The van der Waals surface area contributed by atoms with Crippen LogP contribution < -0.4 is 4.80 Å². The number of hydrogen-bond donors (Lipinski definition) is 0. The molecule has 2 aliphatic rings. The Bertz CT molecular complexity index is 1240. The molecule has 3 heterocycles. The van der Waals surface area contributed by atoms with Gasteiger partial charge in [-0.05, 0) is 42.7 Å². The highest BCUT2D eigenvalue weighted by Crippen LogP contribution is 2.26. The van der Waals surface area contributed by atoms with E-state index in [1.807, 2.05) is 42.5 Å². The molecule has 0 bridgehead atoms. The van der Waals surface area contributed by atoms with E-state index in [1.165, 1.54) is 4.31 Å². The smallest absolute Gasteiger partial charge is 0.243 e. The minimum atomic E-state index is -3.51. The summed E-state index contributed by atoms with van der Waals surface area (Å²) in [4.78, 5) is 6.07. The normalized spacial score (nSPS) is 20.4. The van der Waals surface area contributed by atoms with Crippen LogP contribution >= 0.6 is 11.3 Å². The minimum absolute atomic E-state index is 0.161. The summed E-state index contributed by atoms with van der Waals surface area (Å²) in [5.41, 5.74) is 2.87. The van der Waals surface area contributed by atoms with Crippen molar-refractivity contribution in [2.24, 2.45) is 4.99 Å². The molecular formula is C24H27N3O4S2. The van der Waals surface area contributed by atoms with Gasteiger partial charge in [-0.2, -0.15) is 4.31 Å². The zero-order valence-electron chi connectivity index (χ0n) is 18.3. The van der Waals surface area contributed by atoms with Crippen molar-refractivity contribution in [2.45, 2.75) is 30.4 Å². The number of thiazole rings is 1. The lowest BCUT2D eigenvalue weighted by Crippen LogP contribution is -2.40. The third-order valence-electron chi connectivity index (χ3n) is 5.95. The van der Waals surface area contributed by atoms with Crippen LogP contribution in [0.4, 0.5) is 5.69 Å². The number of aromatic nitrogens is 1. The van der Waals surface area contributed by atoms with Crippen molar-refractivity contribution in [1.29, 1.82) is 0 Å². The fraction of sp³-hybridized carbons (Fsp3) is 0.375. The molecule has 0 N–H and O–H groups in total. The van der Waals surface area contributed by atoms with Gasteiger partial charge in [0.25, 0.3) is 0 Å². The summed E-state index contributed by atoms with van der Waals surface area (Å²) in [7, 11) is -3.51. The van der Waals surface area contributed by atoms with Gasteiger partial charge >= 0.3 is 0 Å². The Labute approximate surface area is 198 Å². The summed E-state index contributed by atoms with van der Waals surface area (Å²) in [6, 6.07) is 17.1. The molecule has 0 aliphatic carbocycles. The van der Waals surface area contributed by atoms with Crippen LogP contribution in [0, 0.1) is 0 Å². The highest BCUT2D eigenvalue weighted by Gasteiger charge is 2.26. The summed E-state index contributed by atoms with van der Waals surface area (Å²) in [6.07, 6.45) is 2.27. The molecule has 1 unspecified atom stereocenters. The van der Waals surface area contributed by atoms with Crippen molar-refractivity contribution < 1.29 is 17.9 Å². The molecule has 2 saturated heterocycles. The molecule has 33 heavy (non-hydrogen) atoms. The van der Waals surface area contributed by atoms with E-state index in [0.29, 0.717) is 31.2 Å². The number of rotatable bonds is 6. The molecule has 7 nitrogen and oxygen atoms in total. The minimum Gasteiger partial charge on any atom is -0.379 e. The second-order valence-electron chi connectivity index (χ2n) is 8.14. The topological polar surface area (TPSA) is 73.1 Å². The number of benzene rings is 2. The molecule has 174 valence electrons. The molecule has 2 aromatic carbocycles. The van der Waals surface area contributed by atoms with Gasteiger partial charge in [0.1, 0.15) is 0 Å². The van der Waals surface area contributed by atoms with Crippen LogP contribution in [0.3, 0.4) is 0 Å².